The smallest absolute Gasteiger partial charge is 0.457 e. The summed E-state index contributed by atoms with van der Waals surface area (Å²) in [5.74, 6) is -1.41. The molecular weight excluding hydrogens is 507 g/mol. The van der Waals surface area contributed by atoms with Crippen LogP contribution in [0.1, 0.15) is 25.0 Å². The summed E-state index contributed by atoms with van der Waals surface area (Å²) in [6.07, 6.45) is -10.4. The second-order valence-electron chi connectivity index (χ2n) is 8.62. The molecule has 0 aliphatic rings. The fourth-order valence-electron chi connectivity index (χ4n) is 3.37. The van der Waals surface area contributed by atoms with E-state index in [-0.39, 0.29) is 36.1 Å². The molecule has 37 heavy (non-hydrogen) atoms. The Hall–Kier alpha value is -3.47. The zero-order chi connectivity index (χ0) is 27.4. The minimum Gasteiger partial charge on any atom is -0.457 e. The third-order valence-corrected chi connectivity index (χ3v) is 5.38. The largest absolute Gasteiger partial charge is 0.573 e. The van der Waals surface area contributed by atoms with E-state index in [1.807, 2.05) is 0 Å². The molecule has 1 unspecified atom stereocenters. The molecule has 4 nitrogen and oxygen atoms in total. The molecule has 0 radical (unpaired) electrons. The predicted octanol–water partition coefficient (Wildman–Crippen LogP) is 7.56. The van der Waals surface area contributed by atoms with Gasteiger partial charge in [0.15, 0.2) is 0 Å². The molecule has 0 heterocycles. The van der Waals surface area contributed by atoms with Crippen molar-refractivity contribution in [1.29, 1.82) is 0 Å². The van der Waals surface area contributed by atoms with Gasteiger partial charge in [0.1, 0.15) is 23.1 Å². The molecule has 0 bridgehead atoms. The number of hydrogen-bond acceptors (Lipinski definition) is 4. The minimum absolute atomic E-state index is 0.0210. The molecule has 3 aromatic carbocycles. The van der Waals surface area contributed by atoms with Crippen LogP contribution in [0.25, 0.3) is 0 Å². The van der Waals surface area contributed by atoms with E-state index in [9.17, 15) is 35.8 Å². The van der Waals surface area contributed by atoms with Crippen molar-refractivity contribution >= 4 is 5.69 Å². The number of halogens is 7. The molecule has 0 spiro atoms. The summed E-state index contributed by atoms with van der Waals surface area (Å²) in [6, 6.07) is 13.4. The molecule has 0 saturated heterocycles. The molecule has 0 saturated carbocycles. The van der Waals surface area contributed by atoms with Crippen LogP contribution < -0.4 is 14.4 Å². The maximum absolute atomic E-state index is 14.6. The zero-order valence-corrected chi connectivity index (χ0v) is 19.8. The lowest BCUT2D eigenvalue weighted by atomic mass is 10.1. The molecule has 0 fully saturated rings. The third-order valence-electron chi connectivity index (χ3n) is 5.38. The number of alkyl halides is 6. The monoisotopic (exact) mass is 531 g/mol. The first kappa shape index (κ1) is 28.1. The van der Waals surface area contributed by atoms with Crippen molar-refractivity contribution in [3.05, 3.63) is 83.7 Å². The number of aliphatic hydroxyl groups excluding tert-OH is 1. The molecule has 0 aromatic heterocycles. The highest BCUT2D eigenvalue weighted by Crippen LogP contribution is 2.33. The minimum atomic E-state index is -4.87. The zero-order valence-electron chi connectivity index (χ0n) is 19.8. The van der Waals surface area contributed by atoms with Crippen LogP contribution in [0.4, 0.5) is 36.4 Å². The Balaban J connectivity index is 1.87. The van der Waals surface area contributed by atoms with Gasteiger partial charge in [0.05, 0.1) is 11.7 Å². The summed E-state index contributed by atoms with van der Waals surface area (Å²) in [5, 5.41) is 10.5. The Bertz CT molecular complexity index is 1200. The molecule has 11 heteroatoms. The van der Waals surface area contributed by atoms with Gasteiger partial charge in [-0.1, -0.05) is 32.0 Å². The van der Waals surface area contributed by atoms with E-state index < -0.39 is 35.8 Å². The van der Waals surface area contributed by atoms with Gasteiger partial charge in [-0.2, -0.15) is 13.2 Å². The molecular formula is C26H24F7NO3. The summed E-state index contributed by atoms with van der Waals surface area (Å²) in [5.41, 5.74) is -0.693. The number of benzene rings is 3. The van der Waals surface area contributed by atoms with Crippen molar-refractivity contribution in [3.63, 3.8) is 0 Å². The maximum atomic E-state index is 14.6. The highest BCUT2D eigenvalue weighted by Gasteiger charge is 2.32. The molecule has 0 amide bonds. The van der Waals surface area contributed by atoms with Crippen molar-refractivity contribution in [2.24, 2.45) is 5.92 Å². The first-order valence-corrected chi connectivity index (χ1v) is 11.1. The number of anilines is 1. The summed E-state index contributed by atoms with van der Waals surface area (Å²) < 4.78 is 100. The highest BCUT2D eigenvalue weighted by molar-refractivity contribution is 5.52. The van der Waals surface area contributed by atoms with Gasteiger partial charge in [-0.15, -0.1) is 13.2 Å². The van der Waals surface area contributed by atoms with Crippen molar-refractivity contribution in [2.75, 3.05) is 11.4 Å². The molecule has 3 aromatic rings. The van der Waals surface area contributed by atoms with E-state index in [1.165, 1.54) is 24.3 Å². The van der Waals surface area contributed by atoms with E-state index in [0.717, 1.165) is 24.3 Å². The van der Waals surface area contributed by atoms with E-state index in [0.29, 0.717) is 11.8 Å². The predicted molar refractivity (Wildman–Crippen MR) is 123 cm³/mol. The lowest BCUT2D eigenvalue weighted by Crippen LogP contribution is -2.35. The maximum Gasteiger partial charge on any atom is 0.573 e. The van der Waals surface area contributed by atoms with Crippen LogP contribution in [0.2, 0.25) is 0 Å². The van der Waals surface area contributed by atoms with E-state index in [1.54, 1.807) is 30.9 Å². The van der Waals surface area contributed by atoms with Gasteiger partial charge >= 0.3 is 12.5 Å². The number of ether oxygens (including phenoxy) is 2. The summed E-state index contributed by atoms with van der Waals surface area (Å²) in [6.45, 7) is 3.41. The SMILES string of the molecule is CC(C)C(O)CN(Cc1ccc(C(F)(F)F)cc1F)c1cccc(Oc2cccc(OC(F)(F)F)c2)c1. The van der Waals surface area contributed by atoms with Crippen molar-refractivity contribution < 1.29 is 45.3 Å². The molecule has 3 rings (SSSR count). The Labute approximate surface area is 208 Å². The lowest BCUT2D eigenvalue weighted by molar-refractivity contribution is -0.274. The van der Waals surface area contributed by atoms with Gasteiger partial charge in [0, 0.05) is 36.5 Å². The fraction of sp³-hybridized carbons (Fsp3) is 0.308. The molecule has 1 N–H and O–H groups in total. The van der Waals surface area contributed by atoms with Crippen LogP contribution in [0, 0.1) is 11.7 Å². The summed E-state index contributed by atoms with van der Waals surface area (Å²) in [7, 11) is 0. The van der Waals surface area contributed by atoms with Crippen molar-refractivity contribution in [1.82, 2.24) is 0 Å². The second-order valence-corrected chi connectivity index (χ2v) is 8.62. The number of rotatable bonds is 9. The molecule has 0 aliphatic carbocycles. The van der Waals surface area contributed by atoms with Gasteiger partial charge in [-0.05, 0) is 42.3 Å². The average Bonchev–Trinajstić information content (AvgIpc) is 2.78. The van der Waals surface area contributed by atoms with Crippen molar-refractivity contribution in [3.8, 4) is 17.2 Å². The first-order valence-electron chi connectivity index (χ1n) is 11.1. The third kappa shape index (κ3) is 8.28. The fourth-order valence-corrected chi connectivity index (χ4v) is 3.37. The number of aliphatic hydroxyl groups is 1. The van der Waals surface area contributed by atoms with E-state index >= 15 is 0 Å². The van der Waals surface area contributed by atoms with Crippen LogP contribution >= 0.6 is 0 Å². The van der Waals surface area contributed by atoms with Crippen LogP contribution in [-0.2, 0) is 12.7 Å². The van der Waals surface area contributed by atoms with Crippen molar-refractivity contribution in [2.45, 2.75) is 39.0 Å². The van der Waals surface area contributed by atoms with Gasteiger partial charge in [-0.3, -0.25) is 0 Å². The lowest BCUT2D eigenvalue weighted by Gasteiger charge is -2.29. The Morgan fingerprint density at radius 3 is 2.05 bits per heavy atom. The van der Waals surface area contributed by atoms with Gasteiger partial charge < -0.3 is 19.5 Å². The molecule has 200 valence electrons. The normalized spacial score (nSPS) is 12.9. The number of nitrogens with zero attached hydrogens (tertiary/aromatic N) is 1. The summed E-state index contributed by atoms with van der Waals surface area (Å²) >= 11 is 0. The van der Waals surface area contributed by atoms with Gasteiger partial charge in [0.2, 0.25) is 0 Å². The second kappa shape index (κ2) is 11.3. The highest BCUT2D eigenvalue weighted by atomic mass is 19.4. The van der Waals surface area contributed by atoms with E-state index in [4.69, 9.17) is 4.74 Å². The Morgan fingerprint density at radius 2 is 1.46 bits per heavy atom. The average molecular weight is 531 g/mol. The van der Waals surface area contributed by atoms with Gasteiger partial charge in [0.25, 0.3) is 0 Å². The number of hydrogen-bond donors (Lipinski definition) is 1. The van der Waals surface area contributed by atoms with Crippen LogP contribution in [0.5, 0.6) is 17.2 Å². The van der Waals surface area contributed by atoms with E-state index in [2.05, 4.69) is 4.74 Å². The van der Waals surface area contributed by atoms with Crippen LogP contribution in [-0.4, -0.2) is 24.1 Å². The molecule has 0 aliphatic heterocycles. The molecule has 1 atom stereocenters. The van der Waals surface area contributed by atoms with Crippen LogP contribution in [0.15, 0.2) is 66.7 Å². The summed E-state index contributed by atoms with van der Waals surface area (Å²) in [4.78, 5) is 1.58. The van der Waals surface area contributed by atoms with Gasteiger partial charge in [-0.25, -0.2) is 4.39 Å². The quantitative estimate of drug-likeness (QED) is 0.290. The first-order chi connectivity index (χ1) is 17.2. The van der Waals surface area contributed by atoms with Crippen LogP contribution in [0.3, 0.4) is 0 Å². The standard InChI is InChI=1S/C26H24F7NO3/c1-16(2)24(35)15-34(14-17-9-10-18(11-23(17)27)25(28,29)30)19-5-3-6-20(12-19)36-21-7-4-8-22(13-21)37-26(31,32)33/h3-13,16,24,35H,14-15H2,1-2H3. The Kier molecular flexibility index (Phi) is 8.57. The Morgan fingerprint density at radius 1 is 0.838 bits per heavy atom. The topological polar surface area (TPSA) is 41.9 Å².